The Bertz CT molecular complexity index is 633. The molecule has 23 heavy (non-hydrogen) atoms. The second-order valence-electron chi connectivity index (χ2n) is 5.82. The van der Waals surface area contributed by atoms with Gasteiger partial charge in [0.25, 0.3) is 11.6 Å². The lowest BCUT2D eigenvalue weighted by atomic mass is 9.87. The van der Waals surface area contributed by atoms with E-state index in [0.717, 1.165) is 6.42 Å². The molecule has 2 heterocycles. The summed E-state index contributed by atoms with van der Waals surface area (Å²) in [6.45, 7) is 0. The molecule has 1 aliphatic carbocycles. The van der Waals surface area contributed by atoms with Crippen molar-refractivity contribution in [2.45, 2.75) is 44.0 Å². The van der Waals surface area contributed by atoms with Gasteiger partial charge in [0.1, 0.15) is 0 Å². The van der Waals surface area contributed by atoms with Gasteiger partial charge in [-0.05, 0) is 31.4 Å². The molecule has 2 atom stereocenters. The van der Waals surface area contributed by atoms with Crippen LogP contribution in [0.15, 0.2) is 29.6 Å². The topological polar surface area (TPSA) is 65.8 Å². The average Bonchev–Trinajstić information content (AvgIpc) is 2.68. The Morgan fingerprint density at radius 1 is 1.26 bits per heavy atom. The van der Waals surface area contributed by atoms with Gasteiger partial charge in [-0.2, -0.15) is 23.3 Å². The molecule has 0 aromatic carbocycles. The van der Waals surface area contributed by atoms with Crippen molar-refractivity contribution in [2.75, 3.05) is 0 Å². The number of carbonyl (C=O) groups excluding carboxylic acids is 1. The maximum atomic E-state index is 13.6. The zero-order valence-corrected chi connectivity index (χ0v) is 12.3. The molecule has 1 saturated carbocycles. The van der Waals surface area contributed by atoms with Crippen LogP contribution in [0.1, 0.15) is 42.5 Å². The number of hydrazone groups is 1. The fourth-order valence-electron chi connectivity index (χ4n) is 3.21. The minimum absolute atomic E-state index is 0.00323. The molecule has 1 aliphatic heterocycles. The number of fused-ring (bicyclic) bond motifs is 1. The van der Waals surface area contributed by atoms with Crippen molar-refractivity contribution >= 4 is 11.6 Å². The Balaban J connectivity index is 2.04. The van der Waals surface area contributed by atoms with Crippen LogP contribution in [0.5, 0.6) is 0 Å². The van der Waals surface area contributed by atoms with E-state index < -0.39 is 23.7 Å². The van der Waals surface area contributed by atoms with Crippen LogP contribution >= 0.6 is 0 Å². The number of nitrogens with zero attached hydrogens (tertiary/aromatic N) is 3. The van der Waals surface area contributed by atoms with E-state index in [1.54, 1.807) is 0 Å². The number of hydrogen-bond acceptors (Lipinski definition) is 4. The van der Waals surface area contributed by atoms with E-state index in [1.165, 1.54) is 24.5 Å². The summed E-state index contributed by atoms with van der Waals surface area (Å²) >= 11 is 0. The van der Waals surface area contributed by atoms with E-state index in [0.29, 0.717) is 19.3 Å². The molecule has 0 spiro atoms. The molecule has 5 nitrogen and oxygen atoms in total. The molecule has 1 fully saturated rings. The highest BCUT2D eigenvalue weighted by Crippen LogP contribution is 2.47. The van der Waals surface area contributed by atoms with Crippen molar-refractivity contribution in [2.24, 2.45) is 11.0 Å². The lowest BCUT2D eigenvalue weighted by Crippen LogP contribution is -2.61. The van der Waals surface area contributed by atoms with E-state index in [4.69, 9.17) is 0 Å². The number of amides is 1. The molecule has 8 heteroatoms. The fraction of sp³-hybridized carbons (Fsp3) is 0.533. The van der Waals surface area contributed by atoms with Gasteiger partial charge in [0.15, 0.2) is 0 Å². The number of carbonyl (C=O) groups is 1. The molecular weight excluding hydrogens is 311 g/mol. The van der Waals surface area contributed by atoms with Crippen molar-refractivity contribution < 1.29 is 23.1 Å². The van der Waals surface area contributed by atoms with Crippen LogP contribution in [-0.4, -0.2) is 38.6 Å². The number of aliphatic hydroxyl groups is 1. The largest absolute Gasteiger partial charge is 0.439 e. The standard InChI is InChI=1S/C15H16F3N3O2/c16-15(17,18)14(23)11-4-2-1-3-5-12(11)20-21(14)13(22)10-6-8-19-9-7-10/h6-9,11,23H,1-5H2/t11-,14-/m1/s1. The first-order valence-corrected chi connectivity index (χ1v) is 7.47. The van der Waals surface area contributed by atoms with Gasteiger partial charge in [0, 0.05) is 23.7 Å². The second kappa shape index (κ2) is 5.59. The molecule has 1 amide bonds. The van der Waals surface area contributed by atoms with Gasteiger partial charge in [-0.15, -0.1) is 0 Å². The molecule has 0 unspecified atom stereocenters. The molecule has 124 valence electrons. The third kappa shape index (κ3) is 2.50. The smallest absolute Gasteiger partial charge is 0.362 e. The minimum atomic E-state index is -4.99. The number of rotatable bonds is 1. The van der Waals surface area contributed by atoms with Gasteiger partial charge in [0.2, 0.25) is 0 Å². The van der Waals surface area contributed by atoms with Crippen LogP contribution in [0, 0.1) is 5.92 Å². The number of hydrogen-bond donors (Lipinski definition) is 1. The number of aromatic nitrogens is 1. The van der Waals surface area contributed by atoms with Crippen molar-refractivity contribution in [1.82, 2.24) is 9.99 Å². The van der Waals surface area contributed by atoms with Gasteiger partial charge < -0.3 is 5.11 Å². The molecule has 0 bridgehead atoms. The summed E-state index contributed by atoms with van der Waals surface area (Å²) in [5.74, 6) is -2.18. The monoisotopic (exact) mass is 327 g/mol. The first-order chi connectivity index (χ1) is 10.9. The molecular formula is C15H16F3N3O2. The highest BCUT2D eigenvalue weighted by molar-refractivity contribution is 5.99. The Morgan fingerprint density at radius 3 is 2.61 bits per heavy atom. The number of pyridine rings is 1. The van der Waals surface area contributed by atoms with Crippen LogP contribution < -0.4 is 0 Å². The average molecular weight is 327 g/mol. The van der Waals surface area contributed by atoms with Crippen LogP contribution in [0.25, 0.3) is 0 Å². The third-order valence-corrected chi connectivity index (χ3v) is 4.40. The summed E-state index contributed by atoms with van der Waals surface area (Å²) in [6, 6.07) is 2.60. The predicted octanol–water partition coefficient (Wildman–Crippen LogP) is 2.72. The van der Waals surface area contributed by atoms with Gasteiger partial charge in [-0.25, -0.2) is 0 Å². The molecule has 1 aromatic rings. The van der Waals surface area contributed by atoms with Crippen molar-refractivity contribution in [3.63, 3.8) is 0 Å². The molecule has 2 aliphatic rings. The predicted molar refractivity (Wildman–Crippen MR) is 75.4 cm³/mol. The lowest BCUT2D eigenvalue weighted by molar-refractivity contribution is -0.312. The second-order valence-corrected chi connectivity index (χ2v) is 5.82. The summed E-state index contributed by atoms with van der Waals surface area (Å²) < 4.78 is 40.9. The summed E-state index contributed by atoms with van der Waals surface area (Å²) in [5, 5.41) is 14.6. The summed E-state index contributed by atoms with van der Waals surface area (Å²) in [5.41, 5.74) is -3.03. The number of halogens is 3. The van der Waals surface area contributed by atoms with Gasteiger partial charge in [-0.3, -0.25) is 9.78 Å². The molecule has 3 rings (SSSR count). The van der Waals surface area contributed by atoms with Gasteiger partial charge in [0.05, 0.1) is 5.92 Å². The van der Waals surface area contributed by atoms with Crippen LogP contribution in [0.2, 0.25) is 0 Å². The Morgan fingerprint density at radius 2 is 1.96 bits per heavy atom. The molecule has 1 aromatic heterocycles. The zero-order chi connectivity index (χ0) is 16.7. The van der Waals surface area contributed by atoms with Gasteiger partial charge >= 0.3 is 6.18 Å². The summed E-state index contributed by atoms with van der Waals surface area (Å²) in [7, 11) is 0. The van der Waals surface area contributed by atoms with Gasteiger partial charge in [-0.1, -0.05) is 12.8 Å². The van der Waals surface area contributed by atoms with E-state index in [9.17, 15) is 23.1 Å². The van der Waals surface area contributed by atoms with Crippen molar-refractivity contribution in [3.8, 4) is 0 Å². The lowest BCUT2D eigenvalue weighted by Gasteiger charge is -2.37. The number of alkyl halides is 3. The normalized spacial score (nSPS) is 28.1. The maximum absolute atomic E-state index is 13.6. The van der Waals surface area contributed by atoms with E-state index in [2.05, 4.69) is 10.1 Å². The Hall–Kier alpha value is -1.96. The highest BCUT2D eigenvalue weighted by Gasteiger charge is 2.68. The zero-order valence-electron chi connectivity index (χ0n) is 12.3. The molecule has 1 N–H and O–H groups in total. The summed E-state index contributed by atoms with van der Waals surface area (Å²) in [4.78, 5) is 16.2. The molecule has 0 radical (unpaired) electrons. The van der Waals surface area contributed by atoms with Crippen molar-refractivity contribution in [3.05, 3.63) is 30.1 Å². The third-order valence-electron chi connectivity index (χ3n) is 4.40. The minimum Gasteiger partial charge on any atom is -0.362 e. The Labute approximate surface area is 130 Å². The maximum Gasteiger partial charge on any atom is 0.439 e. The van der Waals surface area contributed by atoms with Crippen LogP contribution in [0.3, 0.4) is 0 Å². The van der Waals surface area contributed by atoms with Crippen molar-refractivity contribution in [1.29, 1.82) is 0 Å². The fourth-order valence-corrected chi connectivity index (χ4v) is 3.21. The summed E-state index contributed by atoms with van der Waals surface area (Å²) in [6.07, 6.45) is 0.220. The molecule has 0 saturated heterocycles. The SMILES string of the molecule is O=C(c1ccncc1)N1N=C2CCCCC[C@H]2[C@@]1(O)C(F)(F)F. The quantitative estimate of drug-likeness (QED) is 0.862. The first-order valence-electron chi connectivity index (χ1n) is 7.47. The van der Waals surface area contributed by atoms with Crippen LogP contribution in [0.4, 0.5) is 13.2 Å². The highest BCUT2D eigenvalue weighted by atomic mass is 19.4. The van der Waals surface area contributed by atoms with Crippen LogP contribution in [-0.2, 0) is 0 Å². The first kappa shape index (κ1) is 15.9. The van der Waals surface area contributed by atoms with E-state index in [-0.39, 0.29) is 22.7 Å². The van der Waals surface area contributed by atoms with E-state index in [1.807, 2.05) is 0 Å². The van der Waals surface area contributed by atoms with E-state index >= 15 is 0 Å². The Kier molecular flexibility index (Phi) is 3.87.